The van der Waals surface area contributed by atoms with Crippen LogP contribution in [0.4, 0.5) is 22.1 Å². The normalized spacial score (nSPS) is 21.6. The number of amides is 8. The number of likely N-dealkylation sites (tertiary alicyclic amines) is 2. The monoisotopic (exact) mass is 1220 g/mol. The number of benzene rings is 2. The summed E-state index contributed by atoms with van der Waals surface area (Å²) >= 11 is 0. The number of piperidine rings is 2. The van der Waals surface area contributed by atoms with Crippen LogP contribution < -0.4 is 37.2 Å². The van der Waals surface area contributed by atoms with Gasteiger partial charge in [-0.3, -0.25) is 28.8 Å². The van der Waals surface area contributed by atoms with E-state index in [1.807, 2.05) is 41.1 Å². The number of nitrogens with zero attached hydrogens (tertiary/aromatic N) is 7. The third-order valence-corrected chi connectivity index (χ3v) is 18.4. The lowest BCUT2D eigenvalue weighted by Gasteiger charge is -2.37. The predicted octanol–water partition coefficient (Wildman–Crippen LogP) is 4.16. The topological polar surface area (TPSA) is 285 Å². The highest BCUT2D eigenvalue weighted by molar-refractivity contribution is 5.96. The number of urea groups is 1. The molecule has 1 aromatic heterocycles. The molecule has 480 valence electrons. The Balaban J connectivity index is 0.619. The molecule has 5 fully saturated rings. The van der Waals surface area contributed by atoms with Crippen molar-refractivity contribution in [3.8, 4) is 0 Å². The van der Waals surface area contributed by atoms with Crippen molar-refractivity contribution in [2.24, 2.45) is 11.7 Å². The van der Waals surface area contributed by atoms with Gasteiger partial charge < -0.3 is 75.8 Å². The largest absolute Gasteiger partial charge is 0.379 e. The van der Waals surface area contributed by atoms with Gasteiger partial charge in [0.25, 0.3) is 5.91 Å². The highest BCUT2D eigenvalue weighted by Crippen LogP contribution is 2.34. The lowest BCUT2D eigenvalue weighted by molar-refractivity contribution is -0.143. The first-order valence-electron chi connectivity index (χ1n) is 32.1. The van der Waals surface area contributed by atoms with Gasteiger partial charge in [-0.1, -0.05) is 55.7 Å². The number of hydrogen-bond acceptors (Lipinski definition) is 16. The van der Waals surface area contributed by atoms with Crippen LogP contribution in [0.25, 0.3) is 0 Å². The van der Waals surface area contributed by atoms with Crippen molar-refractivity contribution in [1.29, 1.82) is 0 Å². The number of nitrogens with one attached hydrogen (secondary N) is 5. The molecule has 24 heteroatoms. The Bertz CT molecular complexity index is 2830. The second-order valence-electron chi connectivity index (χ2n) is 24.3. The van der Waals surface area contributed by atoms with E-state index in [9.17, 15) is 33.6 Å². The first-order chi connectivity index (χ1) is 42.7. The zero-order chi connectivity index (χ0) is 61.9. The summed E-state index contributed by atoms with van der Waals surface area (Å²) < 4.78 is 22.7. The van der Waals surface area contributed by atoms with Gasteiger partial charge in [0.2, 0.25) is 29.5 Å². The fraction of sp³-hybridized carbons (Fsp3) is 0.641. The van der Waals surface area contributed by atoms with Gasteiger partial charge in [0.05, 0.1) is 83.6 Å². The van der Waals surface area contributed by atoms with Gasteiger partial charge in [0, 0.05) is 71.0 Å². The molecule has 9 rings (SSSR count). The molecule has 4 aliphatic heterocycles. The number of primary amides is 1. The van der Waals surface area contributed by atoms with Crippen molar-refractivity contribution < 1.29 is 52.5 Å². The predicted molar refractivity (Wildman–Crippen MR) is 331 cm³/mol. The first-order valence-corrected chi connectivity index (χ1v) is 32.1. The molecule has 8 amide bonds. The van der Waals surface area contributed by atoms with E-state index >= 15 is 0 Å². The Morgan fingerprint density at radius 1 is 0.739 bits per heavy atom. The highest BCUT2D eigenvalue weighted by atomic mass is 16.6. The van der Waals surface area contributed by atoms with Crippen LogP contribution in [0.15, 0.2) is 54.7 Å². The maximum absolute atomic E-state index is 14.7. The van der Waals surface area contributed by atoms with E-state index in [2.05, 4.69) is 60.7 Å². The molecule has 2 aromatic carbocycles. The second-order valence-corrected chi connectivity index (χ2v) is 24.3. The number of nitrogens with two attached hydrogens (primary N) is 1. The number of likely N-dealkylation sites (N-methyl/N-ethyl adjacent to an activating group) is 2. The molecule has 6 aliphatic rings. The lowest BCUT2D eigenvalue weighted by Crippen LogP contribution is -2.58. The molecule has 7 N–H and O–H groups in total. The standard InChI is InChI=1S/C64H93N13O11/c1-43(66-2)61(81)72-57(47-12-5-4-6-13-47)63(83)77-41-49(39-53(77)62(82)70-52-17-9-14-46-11-7-8-16-51(46)52)68-55(78)24-31-85-33-35-87-37-38-88-36-34-86-32-25-56(79)74-27-22-45(23-28-74)44-18-20-48(21-19-44)69-60-58(59(65)80)67-40-54(71-60)75-26-10-15-50(42-75)76-30-29-73(3)64(76)84/h7-8,11,16,18-21,40,43,45,47,49-50,52-53,57,66H,4-6,9-10,12-15,17,22-39,41-42H2,1-3H3,(H2,65,80)(H,68,78)(H,69,71)(H,70,82)(H,72,81)/t43-,49?,50+,52?,53-,57-/m0/s1. The van der Waals surface area contributed by atoms with Crippen LogP contribution in [-0.2, 0) is 49.3 Å². The molecule has 6 atom stereocenters. The second kappa shape index (κ2) is 32.5. The van der Waals surface area contributed by atoms with Crippen molar-refractivity contribution >= 4 is 58.8 Å². The van der Waals surface area contributed by atoms with E-state index in [1.165, 1.54) is 11.1 Å². The van der Waals surface area contributed by atoms with Gasteiger partial charge in [-0.25, -0.2) is 14.8 Å². The van der Waals surface area contributed by atoms with Gasteiger partial charge in [0.1, 0.15) is 17.9 Å². The Hall–Kier alpha value is -6.99. The Morgan fingerprint density at radius 3 is 2.11 bits per heavy atom. The van der Waals surface area contributed by atoms with E-state index in [0.29, 0.717) is 84.1 Å². The van der Waals surface area contributed by atoms with Crippen LogP contribution in [0, 0.1) is 5.92 Å². The number of aromatic nitrogens is 2. The van der Waals surface area contributed by atoms with E-state index < -0.39 is 30.1 Å². The van der Waals surface area contributed by atoms with E-state index in [-0.39, 0.29) is 104 Å². The first kappa shape index (κ1) is 65.5. The zero-order valence-corrected chi connectivity index (χ0v) is 51.7. The van der Waals surface area contributed by atoms with Gasteiger partial charge in [-0.2, -0.15) is 0 Å². The summed E-state index contributed by atoms with van der Waals surface area (Å²) in [5.74, 6) is -0.547. The van der Waals surface area contributed by atoms with Crippen LogP contribution in [0.5, 0.6) is 0 Å². The summed E-state index contributed by atoms with van der Waals surface area (Å²) in [5.41, 5.74) is 9.97. The number of rotatable bonds is 29. The van der Waals surface area contributed by atoms with Crippen molar-refractivity contribution in [2.75, 3.05) is 123 Å². The molecule has 24 nitrogen and oxygen atoms in total. The van der Waals surface area contributed by atoms with Crippen LogP contribution in [0.1, 0.15) is 136 Å². The minimum Gasteiger partial charge on any atom is -0.379 e. The number of aryl methyl sites for hydroxylation is 1. The molecule has 4 saturated heterocycles. The summed E-state index contributed by atoms with van der Waals surface area (Å²) in [6.45, 7) is 8.50. The van der Waals surface area contributed by atoms with E-state index in [1.54, 1.807) is 30.0 Å². The molecule has 0 bridgehead atoms. The smallest absolute Gasteiger partial charge is 0.320 e. The molecule has 3 aromatic rings. The van der Waals surface area contributed by atoms with Crippen molar-refractivity contribution in [3.63, 3.8) is 0 Å². The summed E-state index contributed by atoms with van der Waals surface area (Å²) in [4.78, 5) is 112. The SMILES string of the molecule is CN[C@@H](C)C(=O)N[C@H](C(=O)N1CC(NC(=O)CCOCCOCCOCCOCCC(=O)N2CCC(c3ccc(Nc4nc(N5CCC[C@@H](N6CCN(C)C6=O)C5)cnc4C(N)=O)cc3)CC2)C[C@H]1C(=O)NC1CCCc2ccccc21)C1CCCCC1. The number of ether oxygens (including phenoxy) is 4. The van der Waals surface area contributed by atoms with Gasteiger partial charge >= 0.3 is 6.03 Å². The average Bonchev–Trinajstić information content (AvgIpc) is 3.42. The molecule has 2 aliphatic carbocycles. The number of fused-ring (bicyclic) bond motifs is 1. The molecular formula is C64H93N13O11. The summed E-state index contributed by atoms with van der Waals surface area (Å²) in [5, 5.41) is 15.6. The fourth-order valence-electron chi connectivity index (χ4n) is 13.2. The van der Waals surface area contributed by atoms with Gasteiger partial charge in [0.15, 0.2) is 11.5 Å². The molecule has 2 unspecified atom stereocenters. The summed E-state index contributed by atoms with van der Waals surface area (Å²) in [6, 6.07) is 13.5. The quantitative estimate of drug-likeness (QED) is 0.0532. The Morgan fingerprint density at radius 2 is 1.43 bits per heavy atom. The molecular weight excluding hydrogens is 1130 g/mol. The number of anilines is 3. The van der Waals surface area contributed by atoms with Crippen LogP contribution in [0.3, 0.4) is 0 Å². The molecule has 1 saturated carbocycles. The highest BCUT2D eigenvalue weighted by Gasteiger charge is 2.45. The third-order valence-electron chi connectivity index (χ3n) is 18.4. The zero-order valence-electron chi connectivity index (χ0n) is 51.7. The molecule has 0 radical (unpaired) electrons. The van der Waals surface area contributed by atoms with Gasteiger partial charge in [-0.15, -0.1) is 0 Å². The van der Waals surface area contributed by atoms with Crippen molar-refractivity contribution in [1.82, 2.24) is 50.8 Å². The number of carbonyl (C=O) groups excluding carboxylic acids is 7. The van der Waals surface area contributed by atoms with E-state index in [0.717, 1.165) is 94.8 Å². The van der Waals surface area contributed by atoms with Crippen LogP contribution in [-0.4, -0.2) is 214 Å². The number of hydrogen-bond donors (Lipinski definition) is 6. The summed E-state index contributed by atoms with van der Waals surface area (Å²) in [7, 11) is 3.53. The molecule has 5 heterocycles. The van der Waals surface area contributed by atoms with Crippen molar-refractivity contribution in [3.05, 3.63) is 77.1 Å². The minimum absolute atomic E-state index is 0.0463. The lowest BCUT2D eigenvalue weighted by atomic mass is 9.83. The average molecular weight is 1220 g/mol. The minimum atomic E-state index is -0.821. The fourth-order valence-corrected chi connectivity index (χ4v) is 13.2. The Labute approximate surface area is 517 Å². The molecule has 88 heavy (non-hydrogen) atoms. The summed E-state index contributed by atoms with van der Waals surface area (Å²) in [6.07, 6.45) is 13.0. The maximum atomic E-state index is 14.7. The van der Waals surface area contributed by atoms with Crippen LogP contribution in [0.2, 0.25) is 0 Å². The van der Waals surface area contributed by atoms with Crippen LogP contribution >= 0.6 is 0 Å². The number of carbonyl (C=O) groups is 7. The third kappa shape index (κ3) is 17.7. The Kier molecular flexibility index (Phi) is 24.2. The maximum Gasteiger partial charge on any atom is 0.320 e. The van der Waals surface area contributed by atoms with Gasteiger partial charge in [-0.05, 0) is 119 Å². The van der Waals surface area contributed by atoms with E-state index in [4.69, 9.17) is 29.7 Å². The molecule has 0 spiro atoms. The van der Waals surface area contributed by atoms with Crippen molar-refractivity contribution in [2.45, 2.75) is 145 Å².